The molecular formula is C17H15Cl2NO3S. The molecular weight excluding hydrogens is 369 g/mol. The summed E-state index contributed by atoms with van der Waals surface area (Å²) >= 11 is 13.6. The van der Waals surface area contributed by atoms with E-state index in [0.717, 1.165) is 5.56 Å². The number of esters is 1. The van der Waals surface area contributed by atoms with Crippen LogP contribution < -0.4 is 5.32 Å². The molecule has 2 rings (SSSR count). The fourth-order valence-corrected chi connectivity index (χ4v) is 3.20. The first-order valence-electron chi connectivity index (χ1n) is 7.00. The Morgan fingerprint density at radius 2 is 1.88 bits per heavy atom. The van der Waals surface area contributed by atoms with E-state index in [-0.39, 0.29) is 11.7 Å². The minimum absolute atomic E-state index is 0.212. The highest BCUT2D eigenvalue weighted by Crippen LogP contribution is 2.24. The lowest BCUT2D eigenvalue weighted by atomic mass is 10.2. The normalized spacial score (nSPS) is 10.3. The maximum atomic E-state index is 12.1. The molecule has 4 nitrogen and oxygen atoms in total. The van der Waals surface area contributed by atoms with E-state index in [9.17, 15) is 9.59 Å². The molecule has 0 atom stereocenters. The molecule has 0 bridgehead atoms. The van der Waals surface area contributed by atoms with Gasteiger partial charge in [0, 0.05) is 10.8 Å². The second-order valence-corrected chi connectivity index (χ2v) is 6.62. The van der Waals surface area contributed by atoms with E-state index in [1.807, 2.05) is 24.3 Å². The molecule has 24 heavy (non-hydrogen) atoms. The number of amides is 1. The largest absolute Gasteiger partial charge is 0.465 e. The molecule has 2 aromatic rings. The molecule has 0 aliphatic heterocycles. The zero-order valence-electron chi connectivity index (χ0n) is 12.8. The number of hydrogen-bond acceptors (Lipinski definition) is 4. The molecule has 7 heteroatoms. The highest BCUT2D eigenvalue weighted by atomic mass is 35.5. The average Bonchev–Trinajstić information content (AvgIpc) is 2.58. The van der Waals surface area contributed by atoms with Crippen LogP contribution in [0.4, 0.5) is 5.69 Å². The monoisotopic (exact) mass is 383 g/mol. The second kappa shape index (κ2) is 8.97. The van der Waals surface area contributed by atoms with Crippen LogP contribution in [-0.2, 0) is 15.3 Å². The van der Waals surface area contributed by atoms with E-state index in [0.29, 0.717) is 27.0 Å². The molecule has 0 aliphatic rings. The predicted molar refractivity (Wildman–Crippen MR) is 99.0 cm³/mol. The number of hydrogen-bond donors (Lipinski definition) is 1. The number of carbonyl (C=O) groups is 2. The number of benzene rings is 2. The lowest BCUT2D eigenvalue weighted by Crippen LogP contribution is -2.15. The zero-order valence-corrected chi connectivity index (χ0v) is 15.2. The van der Waals surface area contributed by atoms with E-state index in [1.54, 1.807) is 6.07 Å². The molecule has 0 spiro atoms. The number of anilines is 1. The molecule has 0 unspecified atom stereocenters. The summed E-state index contributed by atoms with van der Waals surface area (Å²) in [6, 6.07) is 12.1. The topological polar surface area (TPSA) is 55.4 Å². The first kappa shape index (κ1) is 18.6. The van der Waals surface area contributed by atoms with Gasteiger partial charge in [-0.2, -0.15) is 0 Å². The Labute approximate surface area is 154 Å². The summed E-state index contributed by atoms with van der Waals surface area (Å²) in [7, 11) is 1.29. The van der Waals surface area contributed by atoms with E-state index in [1.165, 1.54) is 31.0 Å². The number of rotatable bonds is 6. The third-order valence-electron chi connectivity index (χ3n) is 3.11. The number of thioether (sulfide) groups is 1. The molecule has 0 fully saturated rings. The van der Waals surface area contributed by atoms with Gasteiger partial charge in [0.2, 0.25) is 5.91 Å². The van der Waals surface area contributed by atoms with Gasteiger partial charge >= 0.3 is 5.97 Å². The Kier molecular flexibility index (Phi) is 6.97. The van der Waals surface area contributed by atoms with Crippen molar-refractivity contribution < 1.29 is 14.3 Å². The van der Waals surface area contributed by atoms with Crippen LogP contribution >= 0.6 is 35.0 Å². The molecule has 0 aromatic heterocycles. The molecule has 2 aromatic carbocycles. The Balaban J connectivity index is 1.92. The van der Waals surface area contributed by atoms with Crippen molar-refractivity contribution in [3.63, 3.8) is 0 Å². The minimum atomic E-state index is -0.490. The molecule has 0 radical (unpaired) electrons. The first-order chi connectivity index (χ1) is 11.5. The van der Waals surface area contributed by atoms with Crippen LogP contribution in [0, 0.1) is 0 Å². The van der Waals surface area contributed by atoms with Gasteiger partial charge in [-0.05, 0) is 29.8 Å². The summed E-state index contributed by atoms with van der Waals surface area (Å²) in [5, 5.41) is 3.73. The highest BCUT2D eigenvalue weighted by Gasteiger charge is 2.11. The Morgan fingerprint density at radius 1 is 1.12 bits per heavy atom. The van der Waals surface area contributed by atoms with Crippen LogP contribution in [0.5, 0.6) is 0 Å². The molecule has 0 saturated heterocycles. The Bertz CT molecular complexity index is 752. The number of carbonyl (C=O) groups excluding carboxylic acids is 2. The third kappa shape index (κ3) is 5.16. The van der Waals surface area contributed by atoms with Gasteiger partial charge in [-0.25, -0.2) is 4.79 Å². The van der Waals surface area contributed by atoms with Crippen LogP contribution in [-0.4, -0.2) is 24.7 Å². The van der Waals surface area contributed by atoms with Gasteiger partial charge in [-0.3, -0.25) is 4.79 Å². The van der Waals surface area contributed by atoms with Gasteiger partial charge in [-0.1, -0.05) is 41.4 Å². The zero-order chi connectivity index (χ0) is 17.5. The summed E-state index contributed by atoms with van der Waals surface area (Å²) in [4.78, 5) is 23.6. The average molecular weight is 384 g/mol. The van der Waals surface area contributed by atoms with Crippen LogP contribution in [0.25, 0.3) is 0 Å². The van der Waals surface area contributed by atoms with E-state index in [2.05, 4.69) is 10.1 Å². The quantitative estimate of drug-likeness (QED) is 0.737. The SMILES string of the molecule is COC(=O)c1ccc(Cl)c(NC(=O)CSCc2ccccc2Cl)c1. The molecule has 0 saturated carbocycles. The summed E-state index contributed by atoms with van der Waals surface area (Å²) in [6.07, 6.45) is 0. The van der Waals surface area contributed by atoms with Gasteiger partial charge < -0.3 is 10.1 Å². The standard InChI is InChI=1S/C17H15Cl2NO3S/c1-23-17(22)11-6-7-14(19)15(8-11)20-16(21)10-24-9-12-4-2-3-5-13(12)18/h2-8H,9-10H2,1H3,(H,20,21). The van der Waals surface area contributed by atoms with Crippen LogP contribution in [0.2, 0.25) is 10.0 Å². The molecule has 1 N–H and O–H groups in total. The summed E-state index contributed by atoms with van der Waals surface area (Å²) in [6.45, 7) is 0. The predicted octanol–water partition coefficient (Wildman–Crippen LogP) is 4.65. The van der Waals surface area contributed by atoms with Crippen molar-refractivity contribution in [2.24, 2.45) is 0 Å². The molecule has 1 amide bonds. The third-order valence-corrected chi connectivity index (χ3v) is 4.79. The number of halogens is 2. The van der Waals surface area contributed by atoms with E-state index in [4.69, 9.17) is 23.2 Å². The van der Waals surface area contributed by atoms with Gasteiger partial charge in [0.1, 0.15) is 0 Å². The maximum absolute atomic E-state index is 12.1. The van der Waals surface area contributed by atoms with Crippen molar-refractivity contribution in [2.45, 2.75) is 5.75 Å². The number of methoxy groups -OCH3 is 1. The Hall–Kier alpha value is -1.69. The highest BCUT2D eigenvalue weighted by molar-refractivity contribution is 7.99. The second-order valence-electron chi connectivity index (χ2n) is 4.82. The fraction of sp³-hybridized carbons (Fsp3) is 0.176. The minimum Gasteiger partial charge on any atom is -0.465 e. The van der Waals surface area contributed by atoms with Crippen molar-refractivity contribution in [3.05, 3.63) is 63.6 Å². The number of nitrogens with one attached hydrogen (secondary N) is 1. The van der Waals surface area contributed by atoms with Crippen molar-refractivity contribution in [2.75, 3.05) is 18.2 Å². The lowest BCUT2D eigenvalue weighted by Gasteiger charge is -2.09. The molecule has 0 heterocycles. The Morgan fingerprint density at radius 3 is 2.58 bits per heavy atom. The summed E-state index contributed by atoms with van der Waals surface area (Å²) in [5.41, 5.74) is 1.67. The van der Waals surface area contributed by atoms with Crippen LogP contribution in [0.1, 0.15) is 15.9 Å². The van der Waals surface area contributed by atoms with Gasteiger partial charge in [0.05, 0.1) is 29.1 Å². The first-order valence-corrected chi connectivity index (χ1v) is 8.91. The van der Waals surface area contributed by atoms with E-state index < -0.39 is 5.97 Å². The molecule has 126 valence electrons. The van der Waals surface area contributed by atoms with E-state index >= 15 is 0 Å². The van der Waals surface area contributed by atoms with Crippen molar-refractivity contribution in [1.82, 2.24) is 0 Å². The van der Waals surface area contributed by atoms with Crippen molar-refractivity contribution >= 4 is 52.5 Å². The van der Waals surface area contributed by atoms with Gasteiger partial charge in [0.15, 0.2) is 0 Å². The van der Waals surface area contributed by atoms with Crippen molar-refractivity contribution in [3.8, 4) is 0 Å². The van der Waals surface area contributed by atoms with Crippen LogP contribution in [0.3, 0.4) is 0 Å². The smallest absolute Gasteiger partial charge is 0.337 e. The van der Waals surface area contributed by atoms with Crippen LogP contribution in [0.15, 0.2) is 42.5 Å². The van der Waals surface area contributed by atoms with Crippen molar-refractivity contribution in [1.29, 1.82) is 0 Å². The van der Waals surface area contributed by atoms with Gasteiger partial charge in [-0.15, -0.1) is 11.8 Å². The molecule has 0 aliphatic carbocycles. The maximum Gasteiger partial charge on any atom is 0.337 e. The fourth-order valence-electron chi connectivity index (χ4n) is 1.92. The summed E-state index contributed by atoms with van der Waals surface area (Å²) in [5.74, 6) is 0.166. The number of ether oxygens (including phenoxy) is 1. The van der Waals surface area contributed by atoms with Gasteiger partial charge in [0.25, 0.3) is 0 Å². The lowest BCUT2D eigenvalue weighted by molar-refractivity contribution is -0.113. The summed E-state index contributed by atoms with van der Waals surface area (Å²) < 4.78 is 4.65.